The Balaban J connectivity index is 1.87. The van der Waals surface area contributed by atoms with E-state index in [9.17, 15) is 5.26 Å². The monoisotopic (exact) mass is 323 g/mol. The quantitative estimate of drug-likeness (QED) is 0.750. The third kappa shape index (κ3) is 3.20. The van der Waals surface area contributed by atoms with Gasteiger partial charge in [-0.3, -0.25) is 0 Å². The third-order valence-corrected chi connectivity index (χ3v) is 3.87. The highest BCUT2D eigenvalue weighted by molar-refractivity contribution is 6.31. The second kappa shape index (κ2) is 6.55. The van der Waals surface area contributed by atoms with Crippen LogP contribution in [0.5, 0.6) is 0 Å². The zero-order valence-electron chi connectivity index (χ0n) is 12.5. The highest BCUT2D eigenvalue weighted by Crippen LogP contribution is 2.28. The summed E-state index contributed by atoms with van der Waals surface area (Å²) in [6, 6.07) is 17.3. The van der Waals surface area contributed by atoms with E-state index in [0.717, 1.165) is 16.7 Å². The van der Waals surface area contributed by atoms with Gasteiger partial charge in [0.25, 0.3) is 0 Å². The fraction of sp³-hybridized carbons (Fsp3) is 0.111. The van der Waals surface area contributed by atoms with E-state index in [1.165, 1.54) is 0 Å². The molecule has 0 saturated heterocycles. The first-order chi connectivity index (χ1) is 11.2. The van der Waals surface area contributed by atoms with Crippen molar-refractivity contribution in [1.82, 2.24) is 4.98 Å². The van der Waals surface area contributed by atoms with Crippen LogP contribution in [0.4, 0.5) is 5.88 Å². The van der Waals surface area contributed by atoms with Crippen LogP contribution in [0.3, 0.4) is 0 Å². The Bertz CT molecular complexity index is 880. The molecule has 3 rings (SSSR count). The lowest BCUT2D eigenvalue weighted by molar-refractivity contribution is 0.584. The SMILES string of the molecule is Cc1ccccc1-c1nc(C#N)c(NCc2ccccc2Cl)o1. The highest BCUT2D eigenvalue weighted by atomic mass is 35.5. The predicted molar refractivity (Wildman–Crippen MR) is 90.2 cm³/mol. The summed E-state index contributed by atoms with van der Waals surface area (Å²) in [6.45, 7) is 2.43. The van der Waals surface area contributed by atoms with Gasteiger partial charge in [0.15, 0.2) is 0 Å². The maximum atomic E-state index is 9.26. The molecule has 114 valence electrons. The number of nitrogens with zero attached hydrogens (tertiary/aromatic N) is 2. The molecule has 0 aliphatic heterocycles. The van der Waals surface area contributed by atoms with Crippen LogP contribution in [0.25, 0.3) is 11.5 Å². The Kier molecular flexibility index (Phi) is 4.31. The summed E-state index contributed by atoms with van der Waals surface area (Å²) >= 11 is 6.13. The number of benzene rings is 2. The zero-order valence-corrected chi connectivity index (χ0v) is 13.3. The van der Waals surface area contributed by atoms with Crippen LogP contribution in [-0.4, -0.2) is 4.98 Å². The summed E-state index contributed by atoms with van der Waals surface area (Å²) in [5.41, 5.74) is 3.06. The molecule has 2 aromatic carbocycles. The standard InChI is InChI=1S/C18H14ClN3O/c1-12-6-2-4-8-14(12)17-22-16(10-20)18(23-17)21-11-13-7-3-5-9-15(13)19/h2-9,21H,11H2,1H3. The average Bonchev–Trinajstić information content (AvgIpc) is 2.97. The van der Waals surface area contributed by atoms with Crippen molar-refractivity contribution in [2.75, 3.05) is 5.32 Å². The van der Waals surface area contributed by atoms with Crippen molar-refractivity contribution in [2.24, 2.45) is 0 Å². The molecule has 1 heterocycles. The van der Waals surface area contributed by atoms with E-state index in [0.29, 0.717) is 23.3 Å². The molecule has 0 fully saturated rings. The molecule has 1 aromatic heterocycles. The van der Waals surface area contributed by atoms with Crippen LogP contribution >= 0.6 is 11.6 Å². The number of oxazole rings is 1. The first-order valence-electron chi connectivity index (χ1n) is 7.13. The average molecular weight is 324 g/mol. The number of aromatic nitrogens is 1. The molecule has 0 bridgehead atoms. The predicted octanol–water partition coefficient (Wildman–Crippen LogP) is 4.79. The Labute approximate surface area is 139 Å². The largest absolute Gasteiger partial charge is 0.419 e. The molecule has 0 saturated carbocycles. The van der Waals surface area contributed by atoms with Gasteiger partial charge in [-0.2, -0.15) is 10.2 Å². The van der Waals surface area contributed by atoms with Crippen LogP contribution in [0.15, 0.2) is 52.9 Å². The van der Waals surface area contributed by atoms with E-state index in [-0.39, 0.29) is 5.69 Å². The van der Waals surface area contributed by atoms with E-state index in [1.807, 2.05) is 55.5 Å². The maximum absolute atomic E-state index is 9.26. The molecule has 3 aromatic rings. The number of nitrogens with one attached hydrogen (secondary N) is 1. The fourth-order valence-electron chi connectivity index (χ4n) is 2.26. The number of hydrogen-bond donors (Lipinski definition) is 1. The lowest BCUT2D eigenvalue weighted by Crippen LogP contribution is -2.00. The summed E-state index contributed by atoms with van der Waals surface area (Å²) < 4.78 is 5.75. The van der Waals surface area contributed by atoms with Gasteiger partial charge in [-0.05, 0) is 30.2 Å². The van der Waals surface area contributed by atoms with Crippen LogP contribution in [-0.2, 0) is 6.54 Å². The van der Waals surface area contributed by atoms with E-state index >= 15 is 0 Å². The van der Waals surface area contributed by atoms with Crippen molar-refractivity contribution in [2.45, 2.75) is 13.5 Å². The molecule has 5 heteroatoms. The van der Waals surface area contributed by atoms with Gasteiger partial charge < -0.3 is 9.73 Å². The topological polar surface area (TPSA) is 61.9 Å². The Hall–Kier alpha value is -2.77. The van der Waals surface area contributed by atoms with Crippen LogP contribution in [0, 0.1) is 18.3 Å². The van der Waals surface area contributed by atoms with E-state index in [2.05, 4.69) is 16.4 Å². The molecule has 0 aliphatic carbocycles. The van der Waals surface area contributed by atoms with Gasteiger partial charge in [-0.15, -0.1) is 0 Å². The van der Waals surface area contributed by atoms with Crippen molar-refractivity contribution in [3.05, 3.63) is 70.4 Å². The van der Waals surface area contributed by atoms with E-state index in [1.54, 1.807) is 0 Å². The van der Waals surface area contributed by atoms with Gasteiger partial charge in [0.05, 0.1) is 0 Å². The number of halogens is 1. The molecular weight excluding hydrogens is 310 g/mol. The van der Waals surface area contributed by atoms with Crippen molar-refractivity contribution >= 4 is 17.5 Å². The highest BCUT2D eigenvalue weighted by Gasteiger charge is 2.15. The number of anilines is 1. The van der Waals surface area contributed by atoms with Crippen molar-refractivity contribution < 1.29 is 4.42 Å². The molecule has 0 unspecified atom stereocenters. The molecule has 1 N–H and O–H groups in total. The van der Waals surface area contributed by atoms with Gasteiger partial charge in [-0.1, -0.05) is 48.0 Å². The van der Waals surface area contributed by atoms with E-state index in [4.69, 9.17) is 16.0 Å². The molecule has 0 spiro atoms. The lowest BCUT2D eigenvalue weighted by atomic mass is 10.1. The Morgan fingerprint density at radius 2 is 1.91 bits per heavy atom. The second-order valence-electron chi connectivity index (χ2n) is 5.07. The molecular formula is C18H14ClN3O. The zero-order chi connectivity index (χ0) is 16.2. The summed E-state index contributed by atoms with van der Waals surface area (Å²) in [6.07, 6.45) is 0. The van der Waals surface area contributed by atoms with Crippen LogP contribution < -0.4 is 5.32 Å². The first kappa shape index (κ1) is 15.1. The summed E-state index contributed by atoms with van der Waals surface area (Å²) in [5, 5.41) is 13.0. The van der Waals surface area contributed by atoms with Crippen LogP contribution in [0.2, 0.25) is 5.02 Å². The van der Waals surface area contributed by atoms with Crippen LogP contribution in [0.1, 0.15) is 16.8 Å². The second-order valence-corrected chi connectivity index (χ2v) is 5.48. The minimum atomic E-state index is 0.232. The Morgan fingerprint density at radius 1 is 1.17 bits per heavy atom. The molecule has 23 heavy (non-hydrogen) atoms. The summed E-state index contributed by atoms with van der Waals surface area (Å²) in [5.74, 6) is 0.784. The van der Waals surface area contributed by atoms with Gasteiger partial charge in [-0.25, -0.2) is 0 Å². The smallest absolute Gasteiger partial charge is 0.232 e. The van der Waals surface area contributed by atoms with E-state index < -0.39 is 0 Å². The first-order valence-corrected chi connectivity index (χ1v) is 7.51. The summed E-state index contributed by atoms with van der Waals surface area (Å²) in [7, 11) is 0. The third-order valence-electron chi connectivity index (χ3n) is 3.51. The number of nitriles is 1. The van der Waals surface area contributed by atoms with Gasteiger partial charge in [0.2, 0.25) is 17.5 Å². The van der Waals surface area contributed by atoms with Gasteiger partial charge >= 0.3 is 0 Å². The minimum absolute atomic E-state index is 0.232. The molecule has 0 aliphatic rings. The van der Waals surface area contributed by atoms with Crippen molar-refractivity contribution in [1.29, 1.82) is 5.26 Å². The molecule has 0 atom stereocenters. The molecule has 0 amide bonds. The van der Waals surface area contributed by atoms with Gasteiger partial charge in [0, 0.05) is 17.1 Å². The lowest BCUT2D eigenvalue weighted by Gasteiger charge is -2.05. The maximum Gasteiger partial charge on any atom is 0.232 e. The van der Waals surface area contributed by atoms with Crippen molar-refractivity contribution in [3.63, 3.8) is 0 Å². The number of rotatable bonds is 4. The molecule has 0 radical (unpaired) electrons. The number of aryl methyl sites for hydroxylation is 1. The number of hydrogen-bond acceptors (Lipinski definition) is 4. The van der Waals surface area contributed by atoms with Gasteiger partial charge in [0.1, 0.15) is 6.07 Å². The normalized spacial score (nSPS) is 10.3. The minimum Gasteiger partial charge on any atom is -0.419 e. The fourth-order valence-corrected chi connectivity index (χ4v) is 2.46. The van der Waals surface area contributed by atoms with Crippen molar-refractivity contribution in [3.8, 4) is 17.5 Å². The molecule has 4 nitrogen and oxygen atoms in total. The summed E-state index contributed by atoms with van der Waals surface area (Å²) in [4.78, 5) is 4.27. The Morgan fingerprint density at radius 3 is 2.65 bits per heavy atom.